The molecule has 0 bridgehead atoms. The summed E-state index contributed by atoms with van der Waals surface area (Å²) in [5.74, 6) is -0.708. The Morgan fingerprint density at radius 2 is 2.26 bits per heavy atom. The van der Waals surface area contributed by atoms with E-state index in [1.807, 2.05) is 12.1 Å². The number of nitrogens with one attached hydrogen (secondary N) is 2. The highest BCUT2D eigenvalue weighted by Crippen LogP contribution is 2.28. The highest BCUT2D eigenvalue weighted by atomic mass is 16.5. The average Bonchev–Trinajstić information content (AvgIpc) is 2.43. The molecule has 0 aliphatic carbocycles. The molecule has 1 aromatic rings. The van der Waals surface area contributed by atoms with Gasteiger partial charge in [0, 0.05) is 0 Å². The summed E-state index contributed by atoms with van der Waals surface area (Å²) in [4.78, 5) is 22.4. The topological polar surface area (TPSA) is 114 Å². The molecule has 0 spiro atoms. The van der Waals surface area contributed by atoms with Crippen LogP contribution in [0.5, 0.6) is 5.75 Å². The second-order valence-corrected chi connectivity index (χ2v) is 4.15. The highest BCUT2D eigenvalue weighted by molar-refractivity contribution is 5.84. The quantitative estimate of drug-likeness (QED) is 0.547. The van der Waals surface area contributed by atoms with Gasteiger partial charge in [-0.25, -0.2) is 0 Å². The number of aliphatic hydroxyl groups is 1. The predicted molar refractivity (Wildman–Crippen MR) is 67.6 cm³/mol. The third-order valence-electron chi connectivity index (χ3n) is 2.72. The van der Waals surface area contributed by atoms with E-state index in [2.05, 4.69) is 10.6 Å². The molecule has 0 aromatic heterocycles. The number of ether oxygens (including phenoxy) is 1. The summed E-state index contributed by atoms with van der Waals surface area (Å²) in [5, 5.41) is 14.7. The second kappa shape index (κ2) is 5.57. The third kappa shape index (κ3) is 3.14. The van der Waals surface area contributed by atoms with Crippen molar-refractivity contribution >= 4 is 17.5 Å². The van der Waals surface area contributed by atoms with Crippen molar-refractivity contribution in [1.29, 1.82) is 0 Å². The fourth-order valence-electron chi connectivity index (χ4n) is 1.67. The van der Waals surface area contributed by atoms with Gasteiger partial charge in [-0.05, 0) is 12.1 Å². The van der Waals surface area contributed by atoms with Crippen molar-refractivity contribution in [2.45, 2.75) is 12.2 Å². The average molecular weight is 265 g/mol. The number of primary amides is 1. The van der Waals surface area contributed by atoms with E-state index in [0.717, 1.165) is 5.69 Å². The molecule has 7 nitrogen and oxygen atoms in total. The van der Waals surface area contributed by atoms with Crippen LogP contribution in [0.1, 0.15) is 0 Å². The largest absolute Gasteiger partial charge is 0.477 e. The predicted octanol–water partition coefficient (Wildman–Crippen LogP) is -1.18. The zero-order chi connectivity index (χ0) is 13.8. The van der Waals surface area contributed by atoms with Gasteiger partial charge < -0.3 is 26.2 Å². The van der Waals surface area contributed by atoms with Gasteiger partial charge in [-0.1, -0.05) is 12.1 Å². The lowest BCUT2D eigenvalue weighted by Gasteiger charge is -2.26. The van der Waals surface area contributed by atoms with Crippen LogP contribution < -0.4 is 21.1 Å². The van der Waals surface area contributed by atoms with Crippen LogP contribution in [0.2, 0.25) is 0 Å². The molecular formula is C12H15N3O4. The lowest BCUT2D eigenvalue weighted by molar-refractivity contribution is -0.130. The number of aliphatic hydroxyl groups excluding tert-OH is 1. The number of anilines is 1. The molecule has 0 saturated heterocycles. The Bertz CT molecular complexity index is 492. The molecule has 0 radical (unpaired) electrons. The minimum atomic E-state index is -1.40. The number of fused-ring (bicyclic) bond motifs is 1. The Morgan fingerprint density at radius 3 is 3.00 bits per heavy atom. The van der Waals surface area contributed by atoms with Crippen LogP contribution in [0.15, 0.2) is 24.3 Å². The molecule has 7 heteroatoms. The van der Waals surface area contributed by atoms with Crippen LogP contribution in [0.25, 0.3) is 0 Å². The van der Waals surface area contributed by atoms with Gasteiger partial charge in [0.15, 0.2) is 6.10 Å². The van der Waals surface area contributed by atoms with Crippen molar-refractivity contribution in [2.75, 3.05) is 18.4 Å². The molecule has 1 aromatic carbocycles. The zero-order valence-electron chi connectivity index (χ0n) is 10.1. The molecule has 2 amide bonds. The Balaban J connectivity index is 1.90. The number of para-hydroxylation sites is 2. The van der Waals surface area contributed by atoms with Crippen molar-refractivity contribution in [2.24, 2.45) is 5.73 Å². The fourth-order valence-corrected chi connectivity index (χ4v) is 1.67. The standard InChI is InChI=1S/C12H15N3O4/c13-11(17)8(16)5-15-12(18)10-6-14-7-3-1-2-4-9(7)19-10/h1-4,8,10,14,16H,5-6H2,(H2,13,17)(H,15,18). The Hall–Kier alpha value is -2.28. The maximum absolute atomic E-state index is 11.8. The number of amides is 2. The molecule has 102 valence electrons. The minimum absolute atomic E-state index is 0.227. The van der Waals surface area contributed by atoms with Crippen LogP contribution in [0.3, 0.4) is 0 Å². The number of carbonyl (C=O) groups excluding carboxylic acids is 2. The summed E-state index contributed by atoms with van der Waals surface area (Å²) in [6.07, 6.45) is -2.11. The molecule has 5 N–H and O–H groups in total. The molecule has 1 heterocycles. The van der Waals surface area contributed by atoms with Gasteiger partial charge in [0.2, 0.25) is 5.91 Å². The van der Waals surface area contributed by atoms with Crippen molar-refractivity contribution in [1.82, 2.24) is 5.32 Å². The molecule has 0 saturated carbocycles. The third-order valence-corrected chi connectivity index (χ3v) is 2.72. The van der Waals surface area contributed by atoms with Crippen LogP contribution in [-0.2, 0) is 9.59 Å². The molecular weight excluding hydrogens is 250 g/mol. The van der Waals surface area contributed by atoms with Gasteiger partial charge in [0.1, 0.15) is 11.9 Å². The minimum Gasteiger partial charge on any atom is -0.477 e. The second-order valence-electron chi connectivity index (χ2n) is 4.15. The molecule has 1 aliphatic heterocycles. The summed E-state index contributed by atoms with van der Waals surface area (Å²) in [6, 6.07) is 7.26. The Morgan fingerprint density at radius 1 is 1.53 bits per heavy atom. The Labute approximate surface area is 109 Å². The van der Waals surface area contributed by atoms with Crippen molar-refractivity contribution in [3.8, 4) is 5.75 Å². The van der Waals surface area contributed by atoms with Crippen molar-refractivity contribution in [3.63, 3.8) is 0 Å². The lowest BCUT2D eigenvalue weighted by atomic mass is 10.2. The number of benzene rings is 1. The van der Waals surface area contributed by atoms with E-state index in [1.165, 1.54) is 0 Å². The monoisotopic (exact) mass is 265 g/mol. The number of carbonyl (C=O) groups is 2. The molecule has 19 heavy (non-hydrogen) atoms. The van der Waals surface area contributed by atoms with E-state index >= 15 is 0 Å². The zero-order valence-corrected chi connectivity index (χ0v) is 10.1. The van der Waals surface area contributed by atoms with E-state index in [9.17, 15) is 14.7 Å². The van der Waals surface area contributed by atoms with Crippen molar-refractivity contribution in [3.05, 3.63) is 24.3 Å². The van der Waals surface area contributed by atoms with Crippen LogP contribution in [0.4, 0.5) is 5.69 Å². The number of nitrogens with two attached hydrogens (primary N) is 1. The summed E-state index contributed by atoms with van der Waals surface area (Å²) in [5.41, 5.74) is 5.70. The van der Waals surface area contributed by atoms with E-state index in [0.29, 0.717) is 12.3 Å². The molecule has 0 fully saturated rings. The number of rotatable bonds is 4. The first kappa shape index (κ1) is 13.2. The molecule has 2 rings (SSSR count). The highest BCUT2D eigenvalue weighted by Gasteiger charge is 2.26. The molecule has 2 unspecified atom stereocenters. The van der Waals surface area contributed by atoms with E-state index < -0.39 is 24.0 Å². The van der Waals surface area contributed by atoms with Crippen LogP contribution in [0, 0.1) is 0 Å². The fraction of sp³-hybridized carbons (Fsp3) is 0.333. The van der Waals surface area contributed by atoms with E-state index in [-0.39, 0.29) is 6.54 Å². The van der Waals surface area contributed by atoms with Crippen molar-refractivity contribution < 1.29 is 19.4 Å². The maximum atomic E-state index is 11.8. The van der Waals surface area contributed by atoms with Gasteiger partial charge >= 0.3 is 0 Å². The summed E-state index contributed by atoms with van der Waals surface area (Å²) in [6.45, 7) is 0.0885. The smallest absolute Gasteiger partial charge is 0.263 e. The summed E-state index contributed by atoms with van der Waals surface area (Å²) >= 11 is 0. The van der Waals surface area contributed by atoms with Crippen LogP contribution in [-0.4, -0.2) is 42.2 Å². The number of hydrogen-bond acceptors (Lipinski definition) is 5. The van der Waals surface area contributed by atoms with E-state index in [1.54, 1.807) is 12.1 Å². The first-order valence-electron chi connectivity index (χ1n) is 5.82. The van der Waals surface area contributed by atoms with Gasteiger partial charge in [0.25, 0.3) is 5.91 Å². The normalized spacial score (nSPS) is 18.5. The van der Waals surface area contributed by atoms with Gasteiger partial charge in [-0.2, -0.15) is 0 Å². The SMILES string of the molecule is NC(=O)C(O)CNC(=O)C1CNc2ccccc2O1. The number of hydrogen-bond donors (Lipinski definition) is 4. The van der Waals surface area contributed by atoms with Gasteiger partial charge in [0.05, 0.1) is 18.8 Å². The molecule has 1 aliphatic rings. The van der Waals surface area contributed by atoms with E-state index in [4.69, 9.17) is 10.5 Å². The summed E-state index contributed by atoms with van der Waals surface area (Å²) < 4.78 is 5.51. The molecule has 2 atom stereocenters. The lowest BCUT2D eigenvalue weighted by Crippen LogP contribution is -2.48. The first-order chi connectivity index (χ1) is 9.08. The van der Waals surface area contributed by atoms with Crippen LogP contribution >= 0.6 is 0 Å². The first-order valence-corrected chi connectivity index (χ1v) is 5.82. The summed E-state index contributed by atoms with van der Waals surface area (Å²) in [7, 11) is 0. The van der Waals surface area contributed by atoms with Gasteiger partial charge in [-0.15, -0.1) is 0 Å². The Kier molecular flexibility index (Phi) is 3.86. The maximum Gasteiger partial charge on any atom is 0.263 e. The van der Waals surface area contributed by atoms with Gasteiger partial charge in [-0.3, -0.25) is 9.59 Å².